The summed E-state index contributed by atoms with van der Waals surface area (Å²) >= 11 is 0. The Kier molecular flexibility index (Phi) is 6.93. The molecule has 2 N–H and O–H groups in total. The molecule has 1 aliphatic heterocycles. The van der Waals surface area contributed by atoms with Crippen molar-refractivity contribution in [3.05, 3.63) is 93.4 Å². The first-order valence-electron chi connectivity index (χ1n) is 12.5. The number of rotatable bonds is 7. The van der Waals surface area contributed by atoms with Gasteiger partial charge in [0.05, 0.1) is 23.2 Å². The van der Waals surface area contributed by atoms with Gasteiger partial charge in [-0.3, -0.25) is 9.59 Å². The Morgan fingerprint density at radius 3 is 2.86 bits per heavy atom. The lowest BCUT2D eigenvalue weighted by Gasteiger charge is -2.20. The van der Waals surface area contributed by atoms with Gasteiger partial charge in [-0.2, -0.15) is 0 Å². The van der Waals surface area contributed by atoms with E-state index in [0.717, 1.165) is 36.1 Å². The molecule has 0 aliphatic carbocycles. The number of carbonyl (C=O) groups excluding carboxylic acids is 1. The molecule has 0 saturated carbocycles. The topological polar surface area (TPSA) is 93.5 Å². The van der Waals surface area contributed by atoms with Crippen LogP contribution in [0.2, 0.25) is 0 Å². The molecule has 2 aromatic carbocycles. The molecule has 5 rings (SSSR count). The zero-order chi connectivity index (χ0) is 25.9. The van der Waals surface area contributed by atoms with E-state index in [1.807, 2.05) is 38.1 Å². The number of fused-ring (bicyclic) bond motifs is 1. The number of amides is 1. The van der Waals surface area contributed by atoms with Crippen LogP contribution in [0.25, 0.3) is 22.3 Å². The van der Waals surface area contributed by atoms with E-state index >= 15 is 0 Å². The largest absolute Gasteiger partial charge is 0.455 e. The predicted octanol–water partition coefficient (Wildman–Crippen LogP) is 5.15. The summed E-state index contributed by atoms with van der Waals surface area (Å²) in [6.45, 7) is 6.89. The molecule has 1 aliphatic rings. The van der Waals surface area contributed by atoms with Gasteiger partial charge in [0.2, 0.25) is 0 Å². The van der Waals surface area contributed by atoms with Crippen molar-refractivity contribution >= 4 is 22.6 Å². The fourth-order valence-electron chi connectivity index (χ4n) is 4.76. The van der Waals surface area contributed by atoms with Crippen LogP contribution < -0.4 is 16.1 Å². The second-order valence-electron chi connectivity index (χ2n) is 9.45. The van der Waals surface area contributed by atoms with Gasteiger partial charge in [0.1, 0.15) is 11.3 Å². The fourth-order valence-corrected chi connectivity index (χ4v) is 4.76. The molecule has 1 fully saturated rings. The van der Waals surface area contributed by atoms with Gasteiger partial charge < -0.3 is 19.8 Å². The summed E-state index contributed by atoms with van der Waals surface area (Å²) in [5.41, 5.74) is 4.40. The number of ether oxygens (including phenoxy) is 1. The molecular weight excluding hydrogens is 466 g/mol. The van der Waals surface area contributed by atoms with Crippen LogP contribution in [0.3, 0.4) is 0 Å². The molecule has 1 saturated heterocycles. The maximum atomic E-state index is 13.4. The quantitative estimate of drug-likeness (QED) is 0.368. The number of anilines is 1. The Labute approximate surface area is 215 Å². The van der Waals surface area contributed by atoms with Crippen LogP contribution in [0.15, 0.2) is 57.9 Å². The molecule has 7 heteroatoms. The normalized spacial score (nSPS) is 15.8. The van der Waals surface area contributed by atoms with Crippen molar-refractivity contribution in [3.8, 4) is 11.3 Å². The molecule has 188 valence electrons. The average molecular weight is 496 g/mol. The van der Waals surface area contributed by atoms with Crippen molar-refractivity contribution in [2.45, 2.75) is 45.8 Å². The monoisotopic (exact) mass is 495 g/mol. The van der Waals surface area contributed by atoms with Crippen molar-refractivity contribution in [1.29, 1.82) is 0 Å². The first-order chi connectivity index (χ1) is 17.9. The molecule has 0 spiro atoms. The predicted molar refractivity (Wildman–Crippen MR) is 143 cm³/mol. The van der Waals surface area contributed by atoms with Crippen molar-refractivity contribution in [2.24, 2.45) is 0 Å². The minimum absolute atomic E-state index is 0.0438. The van der Waals surface area contributed by atoms with Crippen LogP contribution >= 0.6 is 0 Å². The highest BCUT2D eigenvalue weighted by Gasteiger charge is 2.22. The van der Waals surface area contributed by atoms with Crippen LogP contribution in [-0.4, -0.2) is 30.1 Å². The van der Waals surface area contributed by atoms with Crippen molar-refractivity contribution in [2.75, 3.05) is 18.5 Å². The van der Waals surface area contributed by atoms with Gasteiger partial charge >= 0.3 is 0 Å². The van der Waals surface area contributed by atoms with Crippen LogP contribution in [-0.2, 0) is 4.74 Å². The number of aromatic nitrogens is 1. The number of nitrogens with one attached hydrogen (secondary N) is 2. The molecule has 0 bridgehead atoms. The van der Waals surface area contributed by atoms with Crippen molar-refractivity contribution in [3.63, 3.8) is 0 Å². The summed E-state index contributed by atoms with van der Waals surface area (Å²) in [4.78, 5) is 30.7. The van der Waals surface area contributed by atoms with E-state index in [1.54, 1.807) is 31.3 Å². The molecule has 1 amide bonds. The summed E-state index contributed by atoms with van der Waals surface area (Å²) in [6.07, 6.45) is 3.59. The summed E-state index contributed by atoms with van der Waals surface area (Å²) < 4.78 is 12.0. The SMILES string of the molecule is Cc1cc(C(C)Nc2cccnc2C(=O)NCC2CCCO2)c2oc(-c3cc#ccc3)c(C)c(=O)c2c1. The van der Waals surface area contributed by atoms with Gasteiger partial charge in [-0.15, -0.1) is 0 Å². The first kappa shape index (κ1) is 24.5. The lowest BCUT2D eigenvalue weighted by molar-refractivity contribution is 0.0854. The Balaban J connectivity index is 1.49. The van der Waals surface area contributed by atoms with Gasteiger partial charge in [-0.05, 0) is 75.6 Å². The zero-order valence-electron chi connectivity index (χ0n) is 21.2. The summed E-state index contributed by atoms with van der Waals surface area (Å²) in [7, 11) is 0. The standard InChI is InChI=1S/C30H29N3O4/c1-18-15-23(29-24(16-18)27(34)19(2)28(37-29)21-9-5-4-6-10-21)20(3)33-25-12-7-13-31-26(25)30(35)32-17-22-11-8-14-36-22/h5,7,9-10,12-13,15-16,20,22,33H,8,11,14,17H2,1-3H3,(H,32,35). The van der Waals surface area contributed by atoms with Crippen molar-refractivity contribution < 1.29 is 13.9 Å². The maximum absolute atomic E-state index is 13.4. The van der Waals surface area contributed by atoms with Gasteiger partial charge in [-0.25, -0.2) is 4.98 Å². The Hall–Kier alpha value is -4.15. The Morgan fingerprint density at radius 2 is 2.11 bits per heavy atom. The minimum Gasteiger partial charge on any atom is -0.455 e. The third-order valence-electron chi connectivity index (χ3n) is 6.69. The fraction of sp³-hybridized carbons (Fsp3) is 0.300. The second kappa shape index (κ2) is 10.5. The lowest BCUT2D eigenvalue weighted by Crippen LogP contribution is -2.32. The molecule has 3 heterocycles. The molecule has 4 aromatic rings. The smallest absolute Gasteiger partial charge is 0.272 e. The number of nitrogens with zero attached hydrogens (tertiary/aromatic N) is 1. The average Bonchev–Trinajstić information content (AvgIpc) is 3.44. The number of carbonyl (C=O) groups is 1. The Bertz CT molecular complexity index is 1490. The second-order valence-corrected chi connectivity index (χ2v) is 9.45. The highest BCUT2D eigenvalue weighted by molar-refractivity contribution is 5.97. The molecule has 2 unspecified atom stereocenters. The van der Waals surface area contributed by atoms with E-state index in [0.29, 0.717) is 40.2 Å². The minimum atomic E-state index is -0.286. The number of hydrogen-bond donors (Lipinski definition) is 2. The number of pyridine rings is 1. The highest BCUT2D eigenvalue weighted by atomic mass is 16.5. The number of aryl methyl sites for hydroxylation is 1. The zero-order valence-corrected chi connectivity index (χ0v) is 21.2. The van der Waals surface area contributed by atoms with Gasteiger partial charge in [0, 0.05) is 36.0 Å². The summed E-state index contributed by atoms with van der Waals surface area (Å²) in [5, 5.41) is 6.89. The van der Waals surface area contributed by atoms with Crippen LogP contribution in [0, 0.1) is 26.0 Å². The van der Waals surface area contributed by atoms with Gasteiger partial charge in [0.25, 0.3) is 5.91 Å². The first-order valence-corrected chi connectivity index (χ1v) is 12.5. The molecule has 7 nitrogen and oxygen atoms in total. The Morgan fingerprint density at radius 1 is 1.24 bits per heavy atom. The highest BCUT2D eigenvalue weighted by Crippen LogP contribution is 2.32. The van der Waals surface area contributed by atoms with E-state index in [-0.39, 0.29) is 23.5 Å². The lowest BCUT2D eigenvalue weighted by atomic mass is 9.99. The van der Waals surface area contributed by atoms with E-state index in [2.05, 4.69) is 27.8 Å². The van der Waals surface area contributed by atoms with Gasteiger partial charge in [-0.1, -0.05) is 18.2 Å². The van der Waals surface area contributed by atoms with Crippen molar-refractivity contribution in [1.82, 2.24) is 10.3 Å². The number of hydrogen-bond acceptors (Lipinski definition) is 6. The third-order valence-corrected chi connectivity index (χ3v) is 6.69. The van der Waals surface area contributed by atoms with E-state index in [9.17, 15) is 9.59 Å². The molecule has 37 heavy (non-hydrogen) atoms. The molecule has 2 aromatic heterocycles. The molecular formula is C30H29N3O4. The van der Waals surface area contributed by atoms with E-state index in [1.165, 1.54) is 0 Å². The van der Waals surface area contributed by atoms with Crippen LogP contribution in [0.4, 0.5) is 5.69 Å². The number of benzene rings is 1. The van der Waals surface area contributed by atoms with Crippen LogP contribution in [0.5, 0.6) is 0 Å². The van der Waals surface area contributed by atoms with Crippen LogP contribution in [0.1, 0.15) is 53.0 Å². The third kappa shape index (κ3) is 5.07. The molecule has 0 radical (unpaired) electrons. The summed E-state index contributed by atoms with van der Waals surface area (Å²) in [5.74, 6) is 0.247. The maximum Gasteiger partial charge on any atom is 0.272 e. The summed E-state index contributed by atoms with van der Waals surface area (Å²) in [6, 6.07) is 18.3. The van der Waals surface area contributed by atoms with E-state index in [4.69, 9.17) is 9.15 Å². The van der Waals surface area contributed by atoms with E-state index < -0.39 is 0 Å². The molecule has 2 atom stereocenters. The van der Waals surface area contributed by atoms with Gasteiger partial charge in [0.15, 0.2) is 11.1 Å².